The summed E-state index contributed by atoms with van der Waals surface area (Å²) in [6.07, 6.45) is 5.09. The second-order valence-electron chi connectivity index (χ2n) is 4.12. The molecule has 3 heteroatoms. The Morgan fingerprint density at radius 3 is 2.15 bits per heavy atom. The predicted molar refractivity (Wildman–Crippen MR) is 51.7 cm³/mol. The van der Waals surface area contributed by atoms with E-state index in [9.17, 15) is 9.59 Å². The Morgan fingerprint density at radius 1 is 1.23 bits per heavy atom. The number of hydrogen-bond donors (Lipinski definition) is 0. The lowest BCUT2D eigenvalue weighted by molar-refractivity contribution is -0.120. The summed E-state index contributed by atoms with van der Waals surface area (Å²) >= 11 is 5.38. The molecule has 0 unspecified atom stereocenters. The second-order valence-corrected chi connectivity index (χ2v) is 4.54. The van der Waals surface area contributed by atoms with E-state index in [4.69, 9.17) is 11.6 Å². The van der Waals surface area contributed by atoms with E-state index in [1.165, 1.54) is 0 Å². The van der Waals surface area contributed by atoms with E-state index >= 15 is 0 Å². The Morgan fingerprint density at radius 2 is 1.77 bits per heavy atom. The molecule has 0 saturated heterocycles. The summed E-state index contributed by atoms with van der Waals surface area (Å²) in [7, 11) is 0. The zero-order valence-corrected chi connectivity index (χ0v) is 8.69. The molecule has 0 atom stereocenters. The van der Waals surface area contributed by atoms with E-state index in [0.717, 1.165) is 25.7 Å². The molecule has 1 aliphatic carbocycles. The molecule has 0 bridgehead atoms. The minimum atomic E-state index is -0.303. The van der Waals surface area contributed by atoms with Crippen molar-refractivity contribution >= 4 is 22.6 Å². The summed E-state index contributed by atoms with van der Waals surface area (Å²) in [5.41, 5.74) is -0.0926. The summed E-state index contributed by atoms with van der Waals surface area (Å²) in [5, 5.41) is -0.303. The molecule has 0 N–H and O–H groups in total. The minimum absolute atomic E-state index is 0.0926. The Kier molecular flexibility index (Phi) is 3.48. The highest BCUT2D eigenvalue weighted by Gasteiger charge is 2.36. The zero-order valence-electron chi connectivity index (χ0n) is 7.94. The van der Waals surface area contributed by atoms with Gasteiger partial charge in [0, 0.05) is 12.8 Å². The van der Waals surface area contributed by atoms with Crippen LogP contribution in [0.5, 0.6) is 0 Å². The molecule has 1 fully saturated rings. The molecule has 13 heavy (non-hydrogen) atoms. The molecule has 0 heterocycles. The van der Waals surface area contributed by atoms with Gasteiger partial charge in [-0.05, 0) is 36.8 Å². The van der Waals surface area contributed by atoms with Crippen LogP contribution >= 0.6 is 11.6 Å². The highest BCUT2D eigenvalue weighted by Crippen LogP contribution is 2.44. The Bertz CT molecular complexity index is 199. The van der Waals surface area contributed by atoms with Gasteiger partial charge in [0.1, 0.15) is 5.78 Å². The number of rotatable bonds is 4. The summed E-state index contributed by atoms with van der Waals surface area (Å²) in [5.74, 6) is 0.166. The van der Waals surface area contributed by atoms with Crippen LogP contribution in [0, 0.1) is 5.41 Å². The molecule has 0 aromatic rings. The number of halogens is 1. The molecular weight excluding hydrogens is 188 g/mol. The van der Waals surface area contributed by atoms with E-state index in [-0.39, 0.29) is 16.4 Å². The van der Waals surface area contributed by atoms with Crippen molar-refractivity contribution in [3.05, 3.63) is 0 Å². The van der Waals surface area contributed by atoms with Crippen LogP contribution in [0.3, 0.4) is 0 Å². The van der Waals surface area contributed by atoms with Gasteiger partial charge in [-0.3, -0.25) is 4.79 Å². The van der Waals surface area contributed by atoms with Crippen LogP contribution in [-0.2, 0) is 9.59 Å². The fraction of sp³-hybridized carbons (Fsp3) is 0.800. The molecular formula is C10H15ClO2. The third kappa shape index (κ3) is 3.11. The Balaban J connectivity index is 2.62. The highest BCUT2D eigenvalue weighted by molar-refractivity contribution is 6.63. The van der Waals surface area contributed by atoms with E-state index < -0.39 is 0 Å². The van der Waals surface area contributed by atoms with Gasteiger partial charge in [-0.25, -0.2) is 0 Å². The lowest BCUT2D eigenvalue weighted by atomic mass is 9.79. The first-order chi connectivity index (χ1) is 6.04. The first kappa shape index (κ1) is 10.7. The molecule has 1 saturated carbocycles. The van der Waals surface area contributed by atoms with Gasteiger partial charge in [0.25, 0.3) is 0 Å². The van der Waals surface area contributed by atoms with Crippen molar-refractivity contribution < 1.29 is 9.59 Å². The maximum atomic E-state index is 11.0. The van der Waals surface area contributed by atoms with Crippen LogP contribution in [0.2, 0.25) is 0 Å². The van der Waals surface area contributed by atoms with Crippen LogP contribution in [0.4, 0.5) is 0 Å². The van der Waals surface area contributed by atoms with Crippen LogP contribution in [0.1, 0.15) is 45.4 Å². The summed E-state index contributed by atoms with van der Waals surface area (Å²) in [6.45, 7) is 1.58. The monoisotopic (exact) mass is 202 g/mol. The summed E-state index contributed by atoms with van der Waals surface area (Å²) in [4.78, 5) is 21.9. The first-order valence-corrected chi connectivity index (χ1v) is 5.10. The SMILES string of the molecule is CC(=O)CC1(CC(=O)Cl)CCCC1. The number of carbonyl (C=O) groups excluding carboxylic acids is 2. The van der Waals surface area contributed by atoms with Crippen LogP contribution in [0.15, 0.2) is 0 Å². The molecule has 74 valence electrons. The Labute approximate surface area is 83.6 Å². The van der Waals surface area contributed by atoms with Gasteiger partial charge >= 0.3 is 0 Å². The fourth-order valence-corrected chi connectivity index (χ4v) is 2.65. The van der Waals surface area contributed by atoms with E-state index in [2.05, 4.69) is 0 Å². The van der Waals surface area contributed by atoms with Crippen molar-refractivity contribution in [2.75, 3.05) is 0 Å². The van der Waals surface area contributed by atoms with Crippen molar-refractivity contribution in [1.82, 2.24) is 0 Å². The van der Waals surface area contributed by atoms with Gasteiger partial charge < -0.3 is 4.79 Å². The second kappa shape index (κ2) is 4.23. The quantitative estimate of drug-likeness (QED) is 0.657. The molecule has 0 aliphatic heterocycles. The summed E-state index contributed by atoms with van der Waals surface area (Å²) in [6, 6.07) is 0. The standard InChI is InChI=1S/C10H15ClO2/c1-8(12)6-10(7-9(11)13)4-2-3-5-10/h2-7H2,1H3. The van der Waals surface area contributed by atoms with Crippen LogP contribution < -0.4 is 0 Å². The van der Waals surface area contributed by atoms with Gasteiger partial charge in [0.15, 0.2) is 0 Å². The van der Waals surface area contributed by atoms with Crippen LogP contribution in [-0.4, -0.2) is 11.0 Å². The van der Waals surface area contributed by atoms with Crippen molar-refractivity contribution in [3.8, 4) is 0 Å². The first-order valence-electron chi connectivity index (χ1n) is 4.72. The minimum Gasteiger partial charge on any atom is -0.300 e. The van der Waals surface area contributed by atoms with Crippen molar-refractivity contribution in [2.45, 2.75) is 45.4 Å². The third-order valence-electron chi connectivity index (χ3n) is 2.80. The molecule has 0 amide bonds. The smallest absolute Gasteiger partial charge is 0.222 e. The van der Waals surface area contributed by atoms with E-state index in [1.54, 1.807) is 6.92 Å². The molecule has 1 rings (SSSR count). The third-order valence-corrected chi connectivity index (χ3v) is 2.94. The maximum absolute atomic E-state index is 11.0. The molecule has 0 radical (unpaired) electrons. The number of ketones is 1. The van der Waals surface area contributed by atoms with Gasteiger partial charge in [-0.1, -0.05) is 12.8 Å². The van der Waals surface area contributed by atoms with Crippen molar-refractivity contribution in [3.63, 3.8) is 0 Å². The topological polar surface area (TPSA) is 34.1 Å². The van der Waals surface area contributed by atoms with Gasteiger partial charge in [-0.15, -0.1) is 0 Å². The lowest BCUT2D eigenvalue weighted by Gasteiger charge is -2.25. The Hall–Kier alpha value is -0.370. The molecule has 0 spiro atoms. The zero-order chi connectivity index (χ0) is 9.90. The maximum Gasteiger partial charge on any atom is 0.222 e. The van der Waals surface area contributed by atoms with E-state index in [1.807, 2.05) is 0 Å². The highest BCUT2D eigenvalue weighted by atomic mass is 35.5. The number of Topliss-reactive ketones (excluding diaryl/α,β-unsaturated/α-hetero) is 1. The lowest BCUT2D eigenvalue weighted by Crippen LogP contribution is -2.22. The fourth-order valence-electron chi connectivity index (χ4n) is 2.36. The predicted octanol–water partition coefficient (Wildman–Crippen LogP) is 2.68. The average molecular weight is 203 g/mol. The summed E-state index contributed by atoms with van der Waals surface area (Å²) < 4.78 is 0. The van der Waals surface area contributed by atoms with Gasteiger partial charge in [0.2, 0.25) is 5.24 Å². The largest absolute Gasteiger partial charge is 0.300 e. The molecule has 0 aromatic heterocycles. The average Bonchev–Trinajstić information content (AvgIpc) is 2.33. The normalized spacial score (nSPS) is 20.2. The molecule has 2 nitrogen and oxygen atoms in total. The van der Waals surface area contributed by atoms with E-state index in [0.29, 0.717) is 12.8 Å². The van der Waals surface area contributed by atoms with Gasteiger partial charge in [0.05, 0.1) is 0 Å². The number of carbonyl (C=O) groups is 2. The molecule has 0 aromatic carbocycles. The number of hydrogen-bond acceptors (Lipinski definition) is 2. The molecule has 1 aliphatic rings. The van der Waals surface area contributed by atoms with Crippen molar-refractivity contribution in [1.29, 1.82) is 0 Å². The van der Waals surface area contributed by atoms with Crippen LogP contribution in [0.25, 0.3) is 0 Å². The van der Waals surface area contributed by atoms with Gasteiger partial charge in [-0.2, -0.15) is 0 Å². The van der Waals surface area contributed by atoms with Crippen molar-refractivity contribution in [2.24, 2.45) is 5.41 Å².